The molecule has 2 saturated carbocycles. The van der Waals surface area contributed by atoms with Crippen LogP contribution < -0.4 is 0 Å². The van der Waals surface area contributed by atoms with Gasteiger partial charge in [0.15, 0.2) is 0 Å². The highest BCUT2D eigenvalue weighted by Crippen LogP contribution is 2.31. The van der Waals surface area contributed by atoms with E-state index in [9.17, 15) is 0 Å². The lowest BCUT2D eigenvalue weighted by Crippen LogP contribution is -2.01. The topological polar surface area (TPSA) is 0 Å². The summed E-state index contributed by atoms with van der Waals surface area (Å²) >= 11 is 0. The maximum absolute atomic E-state index is 2.34. The lowest BCUT2D eigenvalue weighted by Gasteiger charge is -2.11. The Morgan fingerprint density at radius 3 is 0.800 bits per heavy atom. The minimum absolute atomic E-state index is 0.942. The van der Waals surface area contributed by atoms with Crippen molar-refractivity contribution < 1.29 is 0 Å². The molecule has 0 aromatic rings. The van der Waals surface area contributed by atoms with Crippen LogP contribution in [0.2, 0.25) is 0 Å². The van der Waals surface area contributed by atoms with Gasteiger partial charge in [-0.2, -0.15) is 0 Å². The molecule has 2 rings (SSSR count). The van der Waals surface area contributed by atoms with Gasteiger partial charge in [-0.25, -0.2) is 0 Å². The van der Waals surface area contributed by atoms with Gasteiger partial charge in [0.2, 0.25) is 0 Å². The quantitative estimate of drug-likeness (QED) is 0.487. The van der Waals surface area contributed by atoms with Crippen molar-refractivity contribution in [2.24, 2.45) is 23.7 Å². The van der Waals surface area contributed by atoms with E-state index in [-0.39, 0.29) is 0 Å². The Morgan fingerprint density at radius 1 is 0.500 bits per heavy atom. The SMILES string of the molecule is CC.CC.CC(C)C1CCCC1.CC(C)C1CCCC1. The number of hydrogen-bond donors (Lipinski definition) is 0. The second-order valence-corrected chi connectivity index (χ2v) is 6.58. The highest BCUT2D eigenvalue weighted by atomic mass is 14.2. The Balaban J connectivity index is 0. The standard InChI is InChI=1S/2C8H16.2C2H6/c2*1-7(2)8-5-3-4-6-8;2*1-2/h2*7-8H,3-6H2,1-2H3;2*1-2H3. The van der Waals surface area contributed by atoms with Gasteiger partial charge in [-0.05, 0) is 23.7 Å². The van der Waals surface area contributed by atoms with E-state index in [1.165, 1.54) is 51.4 Å². The van der Waals surface area contributed by atoms with Crippen molar-refractivity contribution in [3.63, 3.8) is 0 Å². The van der Waals surface area contributed by atoms with Crippen LogP contribution >= 0.6 is 0 Å². The maximum atomic E-state index is 2.34. The van der Waals surface area contributed by atoms with E-state index in [1.807, 2.05) is 27.7 Å². The molecule has 0 atom stereocenters. The predicted molar refractivity (Wildman–Crippen MR) is 96.3 cm³/mol. The number of rotatable bonds is 2. The van der Waals surface area contributed by atoms with Gasteiger partial charge in [-0.1, -0.05) is 107 Å². The van der Waals surface area contributed by atoms with Crippen molar-refractivity contribution in [2.45, 2.75) is 107 Å². The molecule has 20 heavy (non-hydrogen) atoms. The van der Waals surface area contributed by atoms with Crippen LogP contribution in [0.5, 0.6) is 0 Å². The van der Waals surface area contributed by atoms with Crippen LogP contribution in [0.1, 0.15) is 107 Å². The first-order chi connectivity index (χ1) is 9.61. The smallest absolute Gasteiger partial charge is 0.0391 e. The van der Waals surface area contributed by atoms with Crippen LogP contribution in [-0.2, 0) is 0 Å². The summed E-state index contributed by atoms with van der Waals surface area (Å²) < 4.78 is 0. The van der Waals surface area contributed by atoms with Gasteiger partial charge in [-0.3, -0.25) is 0 Å². The van der Waals surface area contributed by atoms with Crippen molar-refractivity contribution in [3.05, 3.63) is 0 Å². The highest BCUT2D eigenvalue weighted by molar-refractivity contribution is 4.69. The van der Waals surface area contributed by atoms with Crippen LogP contribution in [0.3, 0.4) is 0 Å². The molecule has 0 aromatic heterocycles. The fraction of sp³-hybridized carbons (Fsp3) is 1.00. The molecule has 2 aliphatic carbocycles. The van der Waals surface area contributed by atoms with Gasteiger partial charge >= 0.3 is 0 Å². The van der Waals surface area contributed by atoms with E-state index < -0.39 is 0 Å². The fourth-order valence-corrected chi connectivity index (χ4v) is 3.25. The molecular formula is C20H44. The molecule has 0 radical (unpaired) electrons. The van der Waals surface area contributed by atoms with Crippen molar-refractivity contribution in [3.8, 4) is 0 Å². The van der Waals surface area contributed by atoms with E-state index in [1.54, 1.807) is 0 Å². The zero-order chi connectivity index (χ0) is 16.0. The lowest BCUT2D eigenvalue weighted by atomic mass is 9.95. The monoisotopic (exact) mass is 284 g/mol. The Hall–Kier alpha value is 0. The summed E-state index contributed by atoms with van der Waals surface area (Å²) in [7, 11) is 0. The summed E-state index contributed by atoms with van der Waals surface area (Å²) in [5.74, 6) is 4.01. The van der Waals surface area contributed by atoms with Crippen LogP contribution in [-0.4, -0.2) is 0 Å². The van der Waals surface area contributed by atoms with Gasteiger partial charge in [-0.15, -0.1) is 0 Å². The summed E-state index contributed by atoms with van der Waals surface area (Å²) in [5, 5.41) is 0. The summed E-state index contributed by atoms with van der Waals surface area (Å²) in [6.45, 7) is 17.4. The summed E-state index contributed by atoms with van der Waals surface area (Å²) in [4.78, 5) is 0. The first-order valence-corrected chi connectivity index (χ1v) is 9.61. The van der Waals surface area contributed by atoms with Crippen molar-refractivity contribution >= 4 is 0 Å². The Labute approximate surface area is 131 Å². The molecule has 0 amide bonds. The van der Waals surface area contributed by atoms with Gasteiger partial charge < -0.3 is 0 Å². The average molecular weight is 285 g/mol. The van der Waals surface area contributed by atoms with Gasteiger partial charge in [0, 0.05) is 0 Å². The molecule has 0 nitrogen and oxygen atoms in total. The number of hydrogen-bond acceptors (Lipinski definition) is 0. The Morgan fingerprint density at radius 2 is 0.700 bits per heavy atom. The van der Waals surface area contributed by atoms with Crippen LogP contribution in [0.15, 0.2) is 0 Å². The molecule has 2 fully saturated rings. The third-order valence-electron chi connectivity index (χ3n) is 4.69. The van der Waals surface area contributed by atoms with E-state index in [4.69, 9.17) is 0 Å². The van der Waals surface area contributed by atoms with Crippen LogP contribution in [0.4, 0.5) is 0 Å². The van der Waals surface area contributed by atoms with E-state index in [0.717, 1.165) is 23.7 Å². The fourth-order valence-electron chi connectivity index (χ4n) is 3.25. The molecule has 0 aliphatic heterocycles. The lowest BCUT2D eigenvalue weighted by molar-refractivity contribution is 0.396. The molecule has 0 N–H and O–H groups in total. The van der Waals surface area contributed by atoms with E-state index in [0.29, 0.717) is 0 Å². The zero-order valence-electron chi connectivity index (χ0n) is 16.0. The molecule has 124 valence electrons. The van der Waals surface area contributed by atoms with Crippen molar-refractivity contribution in [1.82, 2.24) is 0 Å². The summed E-state index contributed by atoms with van der Waals surface area (Å²) in [6.07, 6.45) is 11.9. The average Bonchev–Trinajstić information content (AvgIpc) is 3.17. The summed E-state index contributed by atoms with van der Waals surface area (Å²) in [5.41, 5.74) is 0. The zero-order valence-corrected chi connectivity index (χ0v) is 16.0. The minimum Gasteiger partial charge on any atom is -0.0683 e. The van der Waals surface area contributed by atoms with E-state index >= 15 is 0 Å². The van der Waals surface area contributed by atoms with Crippen LogP contribution in [0.25, 0.3) is 0 Å². The molecule has 0 heterocycles. The molecule has 0 unspecified atom stereocenters. The van der Waals surface area contributed by atoms with Crippen molar-refractivity contribution in [2.75, 3.05) is 0 Å². The Kier molecular flexibility index (Phi) is 17.1. The molecule has 2 aliphatic rings. The molecule has 0 saturated heterocycles. The first kappa shape index (κ1) is 22.3. The molecular weight excluding hydrogens is 240 g/mol. The molecule has 0 spiro atoms. The largest absolute Gasteiger partial charge is 0.0683 e. The van der Waals surface area contributed by atoms with Crippen molar-refractivity contribution in [1.29, 1.82) is 0 Å². The van der Waals surface area contributed by atoms with Gasteiger partial charge in [0.05, 0.1) is 0 Å². The highest BCUT2D eigenvalue weighted by Gasteiger charge is 2.17. The second-order valence-electron chi connectivity index (χ2n) is 6.58. The molecule has 0 bridgehead atoms. The van der Waals surface area contributed by atoms with Gasteiger partial charge in [0.25, 0.3) is 0 Å². The van der Waals surface area contributed by atoms with E-state index in [2.05, 4.69) is 27.7 Å². The predicted octanol–water partition coefficient (Wildman–Crippen LogP) is 7.72. The normalized spacial score (nSPS) is 18.9. The molecule has 0 aromatic carbocycles. The Bertz CT molecular complexity index is 137. The van der Waals surface area contributed by atoms with Gasteiger partial charge in [0.1, 0.15) is 0 Å². The third kappa shape index (κ3) is 10.7. The minimum atomic E-state index is 0.942. The van der Waals surface area contributed by atoms with Crippen LogP contribution in [0, 0.1) is 23.7 Å². The third-order valence-corrected chi connectivity index (χ3v) is 4.69. The summed E-state index contributed by atoms with van der Waals surface area (Å²) in [6, 6.07) is 0. The first-order valence-electron chi connectivity index (χ1n) is 9.61. The molecule has 0 heteroatoms. The maximum Gasteiger partial charge on any atom is -0.0391 e. The second kappa shape index (κ2) is 15.4.